The zero-order chi connectivity index (χ0) is 19.4. The Kier molecular flexibility index (Phi) is 6.52. The summed E-state index contributed by atoms with van der Waals surface area (Å²) in [6, 6.07) is 14.8. The maximum Gasteiger partial charge on any atom is 0.192 e. The van der Waals surface area contributed by atoms with Crippen molar-refractivity contribution in [2.45, 2.75) is 18.6 Å². The predicted molar refractivity (Wildman–Crippen MR) is 114 cm³/mol. The molecule has 0 atom stereocenters. The van der Waals surface area contributed by atoms with Gasteiger partial charge in [-0.15, -0.1) is 10.2 Å². The maximum absolute atomic E-state index is 12.4. The van der Waals surface area contributed by atoms with Crippen molar-refractivity contribution in [3.05, 3.63) is 75.7 Å². The quantitative estimate of drug-likeness (QED) is 0.249. The number of hydrogen-bond acceptors (Lipinski definition) is 4. The van der Waals surface area contributed by atoms with E-state index >= 15 is 0 Å². The Morgan fingerprint density at radius 2 is 1.81 bits per heavy atom. The van der Waals surface area contributed by atoms with Gasteiger partial charge in [-0.25, -0.2) is 0 Å². The highest BCUT2D eigenvalue weighted by atomic mass is 79.9. The Morgan fingerprint density at radius 3 is 2.44 bits per heavy atom. The average Bonchev–Trinajstić information content (AvgIpc) is 3.03. The Balaban J connectivity index is 1.82. The summed E-state index contributed by atoms with van der Waals surface area (Å²) in [6.07, 6.45) is 0. The van der Waals surface area contributed by atoms with Gasteiger partial charge >= 0.3 is 0 Å². The number of benzene rings is 2. The van der Waals surface area contributed by atoms with Gasteiger partial charge in [0.15, 0.2) is 16.8 Å². The van der Waals surface area contributed by atoms with Crippen LogP contribution in [0.15, 0.2) is 70.3 Å². The third kappa shape index (κ3) is 5.09. The SMILES string of the molecule is C=C(C)Cn1c(SCC(=O)c2ccc(Cl)cc2)nnc1-c1ccc(Br)cc1. The molecular weight excluding hydrogens is 446 g/mol. The van der Waals surface area contributed by atoms with Crippen LogP contribution < -0.4 is 0 Å². The lowest BCUT2D eigenvalue weighted by molar-refractivity contribution is 0.102. The highest BCUT2D eigenvalue weighted by Gasteiger charge is 2.16. The van der Waals surface area contributed by atoms with E-state index in [1.54, 1.807) is 24.3 Å². The van der Waals surface area contributed by atoms with Crippen LogP contribution in [0.2, 0.25) is 5.02 Å². The summed E-state index contributed by atoms with van der Waals surface area (Å²) in [4.78, 5) is 12.4. The number of hydrogen-bond donors (Lipinski definition) is 0. The first kappa shape index (κ1) is 19.9. The number of ketones is 1. The number of aromatic nitrogens is 3. The summed E-state index contributed by atoms with van der Waals surface area (Å²) in [6.45, 7) is 6.55. The molecule has 3 aromatic rings. The van der Waals surface area contributed by atoms with Crippen LogP contribution in [0.1, 0.15) is 17.3 Å². The minimum atomic E-state index is 0.0201. The van der Waals surface area contributed by atoms with Crippen molar-refractivity contribution in [2.24, 2.45) is 0 Å². The van der Waals surface area contributed by atoms with E-state index in [1.807, 2.05) is 35.8 Å². The molecule has 1 heterocycles. The van der Waals surface area contributed by atoms with E-state index < -0.39 is 0 Å². The number of allylic oxidation sites excluding steroid dienone is 1. The normalized spacial score (nSPS) is 10.8. The third-order valence-electron chi connectivity index (χ3n) is 3.75. The molecule has 27 heavy (non-hydrogen) atoms. The first-order chi connectivity index (χ1) is 12.9. The summed E-state index contributed by atoms with van der Waals surface area (Å²) in [5.74, 6) is 1.05. The first-order valence-corrected chi connectivity index (χ1v) is 10.3. The van der Waals surface area contributed by atoms with Gasteiger partial charge in [-0.1, -0.05) is 63.6 Å². The first-order valence-electron chi connectivity index (χ1n) is 8.19. The topological polar surface area (TPSA) is 47.8 Å². The highest BCUT2D eigenvalue weighted by molar-refractivity contribution is 9.10. The van der Waals surface area contributed by atoms with E-state index in [4.69, 9.17) is 11.6 Å². The van der Waals surface area contributed by atoms with Crippen LogP contribution in [0.4, 0.5) is 0 Å². The van der Waals surface area contributed by atoms with Gasteiger partial charge in [-0.05, 0) is 43.3 Å². The van der Waals surface area contributed by atoms with Crippen LogP contribution in [0.3, 0.4) is 0 Å². The Labute approximate surface area is 175 Å². The molecule has 0 unspecified atom stereocenters. The lowest BCUT2D eigenvalue weighted by Gasteiger charge is -2.10. The molecule has 0 fully saturated rings. The Bertz CT molecular complexity index is 968. The fourth-order valence-corrected chi connectivity index (χ4v) is 3.69. The molecule has 7 heteroatoms. The number of Topliss-reactive ketones (excluding diaryl/α,β-unsaturated/α-hetero) is 1. The molecule has 0 saturated heterocycles. The molecule has 0 saturated carbocycles. The molecular formula is C20H17BrClN3OS. The van der Waals surface area contributed by atoms with Crippen LogP contribution in [0, 0.1) is 0 Å². The summed E-state index contributed by atoms with van der Waals surface area (Å²) in [7, 11) is 0. The monoisotopic (exact) mass is 461 g/mol. The van der Waals surface area contributed by atoms with Crippen LogP contribution in [0.25, 0.3) is 11.4 Å². The largest absolute Gasteiger partial charge is 0.298 e. The summed E-state index contributed by atoms with van der Waals surface area (Å²) >= 11 is 10.7. The lowest BCUT2D eigenvalue weighted by atomic mass is 10.1. The van der Waals surface area contributed by atoms with Gasteiger partial charge in [-0.3, -0.25) is 9.36 Å². The molecule has 0 bridgehead atoms. The average molecular weight is 463 g/mol. The zero-order valence-electron chi connectivity index (χ0n) is 14.7. The molecule has 3 rings (SSSR count). The van der Waals surface area contributed by atoms with E-state index in [0.29, 0.717) is 22.3 Å². The minimum absolute atomic E-state index is 0.0201. The molecule has 0 aliphatic carbocycles. The Hall–Kier alpha value is -1.89. The highest BCUT2D eigenvalue weighted by Crippen LogP contribution is 2.26. The summed E-state index contributed by atoms with van der Waals surface area (Å²) in [5, 5.41) is 9.94. The molecule has 0 aliphatic rings. The second-order valence-electron chi connectivity index (χ2n) is 6.08. The minimum Gasteiger partial charge on any atom is -0.298 e. The molecule has 0 N–H and O–H groups in total. The second-order valence-corrected chi connectivity index (χ2v) is 8.37. The molecule has 0 amide bonds. The summed E-state index contributed by atoms with van der Waals surface area (Å²) < 4.78 is 2.99. The molecule has 138 valence electrons. The van der Waals surface area contributed by atoms with E-state index in [1.165, 1.54) is 11.8 Å². The van der Waals surface area contributed by atoms with Crippen molar-refractivity contribution in [1.82, 2.24) is 14.8 Å². The van der Waals surface area contributed by atoms with Crippen molar-refractivity contribution >= 4 is 45.1 Å². The van der Waals surface area contributed by atoms with Gasteiger partial charge in [-0.2, -0.15) is 0 Å². The fraction of sp³-hybridized carbons (Fsp3) is 0.150. The van der Waals surface area contributed by atoms with Crippen molar-refractivity contribution in [3.8, 4) is 11.4 Å². The fourth-order valence-electron chi connectivity index (χ4n) is 2.47. The smallest absolute Gasteiger partial charge is 0.192 e. The zero-order valence-corrected chi connectivity index (χ0v) is 17.8. The predicted octanol–water partition coefficient (Wildman–Crippen LogP) is 5.91. The number of thioether (sulfide) groups is 1. The van der Waals surface area contributed by atoms with Gasteiger partial charge in [0.05, 0.1) is 5.75 Å². The molecule has 2 aromatic carbocycles. The van der Waals surface area contributed by atoms with Crippen molar-refractivity contribution in [3.63, 3.8) is 0 Å². The van der Waals surface area contributed by atoms with Crippen LogP contribution in [-0.4, -0.2) is 26.3 Å². The van der Waals surface area contributed by atoms with Gasteiger partial charge in [0, 0.05) is 27.2 Å². The number of halogens is 2. The number of rotatable bonds is 7. The van der Waals surface area contributed by atoms with Crippen LogP contribution in [0.5, 0.6) is 0 Å². The van der Waals surface area contributed by atoms with Crippen molar-refractivity contribution in [1.29, 1.82) is 0 Å². The third-order valence-corrected chi connectivity index (χ3v) is 5.49. The van der Waals surface area contributed by atoms with Crippen molar-refractivity contribution < 1.29 is 4.79 Å². The molecule has 1 aromatic heterocycles. The van der Waals surface area contributed by atoms with E-state index in [0.717, 1.165) is 21.4 Å². The Morgan fingerprint density at radius 1 is 1.15 bits per heavy atom. The van der Waals surface area contributed by atoms with Gasteiger partial charge in [0.25, 0.3) is 0 Å². The number of carbonyl (C=O) groups excluding carboxylic acids is 1. The molecule has 0 aliphatic heterocycles. The number of carbonyl (C=O) groups is 1. The molecule has 0 spiro atoms. The molecule has 4 nitrogen and oxygen atoms in total. The van der Waals surface area contributed by atoms with Crippen LogP contribution in [-0.2, 0) is 6.54 Å². The molecule has 0 radical (unpaired) electrons. The second kappa shape index (κ2) is 8.87. The van der Waals surface area contributed by atoms with E-state index in [9.17, 15) is 4.79 Å². The van der Waals surface area contributed by atoms with Gasteiger partial charge in [0.1, 0.15) is 0 Å². The van der Waals surface area contributed by atoms with Crippen LogP contribution >= 0.6 is 39.3 Å². The maximum atomic E-state index is 12.4. The summed E-state index contributed by atoms with van der Waals surface area (Å²) in [5.41, 5.74) is 2.58. The number of nitrogens with zero attached hydrogens (tertiary/aromatic N) is 3. The van der Waals surface area contributed by atoms with Crippen molar-refractivity contribution in [2.75, 3.05) is 5.75 Å². The van der Waals surface area contributed by atoms with E-state index in [-0.39, 0.29) is 11.5 Å². The van der Waals surface area contributed by atoms with E-state index in [2.05, 4.69) is 32.7 Å². The van der Waals surface area contributed by atoms with Gasteiger partial charge in [0.2, 0.25) is 0 Å². The lowest BCUT2D eigenvalue weighted by Crippen LogP contribution is -2.06. The standard InChI is InChI=1S/C20H17BrClN3OS/c1-13(2)11-25-19(15-3-7-16(21)8-4-15)23-24-20(25)27-12-18(26)14-5-9-17(22)10-6-14/h3-10H,1,11-12H2,2H3. The van der Waals surface area contributed by atoms with Gasteiger partial charge < -0.3 is 0 Å².